The zero-order chi connectivity index (χ0) is 14.7. The third kappa shape index (κ3) is 3.75. The predicted octanol–water partition coefficient (Wildman–Crippen LogP) is 4.97. The largest absolute Gasteiger partial charge is 0.491 e. The van der Waals surface area contributed by atoms with Crippen molar-refractivity contribution >= 4 is 27.5 Å². The van der Waals surface area contributed by atoms with Crippen LogP contribution in [-0.2, 0) is 0 Å². The maximum atomic E-state index is 10.5. The lowest BCUT2D eigenvalue weighted by atomic mass is 10.0. The molecule has 2 nitrogen and oxygen atoms in total. The Labute approximate surface area is 132 Å². The zero-order valence-corrected chi connectivity index (χ0v) is 13.6. The highest BCUT2D eigenvalue weighted by molar-refractivity contribution is 9.10. The Morgan fingerprint density at radius 3 is 2.60 bits per heavy atom. The van der Waals surface area contributed by atoms with Crippen LogP contribution in [-0.4, -0.2) is 11.2 Å². The Morgan fingerprint density at radius 2 is 1.90 bits per heavy atom. The maximum absolute atomic E-state index is 10.5. The lowest BCUT2D eigenvalue weighted by Gasteiger charge is -2.16. The Kier molecular flexibility index (Phi) is 5.08. The average Bonchev–Trinajstić information content (AvgIpc) is 2.40. The maximum Gasteiger partial charge on any atom is 0.120 e. The van der Waals surface area contributed by atoms with Gasteiger partial charge in [0, 0.05) is 15.1 Å². The number of ether oxygens (including phenoxy) is 1. The molecule has 2 aromatic rings. The highest BCUT2D eigenvalue weighted by atomic mass is 79.9. The quantitative estimate of drug-likeness (QED) is 0.839. The van der Waals surface area contributed by atoms with Gasteiger partial charge < -0.3 is 9.84 Å². The summed E-state index contributed by atoms with van der Waals surface area (Å²) in [7, 11) is 0. The lowest BCUT2D eigenvalue weighted by Crippen LogP contribution is -2.06. The monoisotopic (exact) mass is 354 g/mol. The van der Waals surface area contributed by atoms with Crippen molar-refractivity contribution in [2.75, 3.05) is 0 Å². The summed E-state index contributed by atoms with van der Waals surface area (Å²) < 4.78 is 6.52. The van der Waals surface area contributed by atoms with E-state index in [-0.39, 0.29) is 6.10 Å². The van der Waals surface area contributed by atoms with Crippen LogP contribution in [0.15, 0.2) is 46.9 Å². The second-order valence-corrected chi connectivity index (χ2v) is 6.13. The van der Waals surface area contributed by atoms with Gasteiger partial charge in [-0.15, -0.1) is 0 Å². The van der Waals surface area contributed by atoms with Gasteiger partial charge in [0.05, 0.1) is 6.10 Å². The summed E-state index contributed by atoms with van der Waals surface area (Å²) in [5.41, 5.74) is 1.42. The molecule has 0 heterocycles. The average molecular weight is 356 g/mol. The van der Waals surface area contributed by atoms with E-state index in [1.54, 1.807) is 6.07 Å². The fraction of sp³-hybridized carbons (Fsp3) is 0.250. The summed E-state index contributed by atoms with van der Waals surface area (Å²) in [4.78, 5) is 0. The molecular formula is C16H16BrClO2. The minimum absolute atomic E-state index is 0.0943. The van der Waals surface area contributed by atoms with Crippen LogP contribution in [0.3, 0.4) is 0 Å². The summed E-state index contributed by atoms with van der Waals surface area (Å²) in [6.45, 7) is 3.93. The van der Waals surface area contributed by atoms with E-state index in [4.69, 9.17) is 16.3 Å². The molecule has 2 rings (SSSR count). The molecule has 0 saturated carbocycles. The molecule has 1 N–H and O–H groups in total. The normalized spacial score (nSPS) is 12.5. The first kappa shape index (κ1) is 15.4. The van der Waals surface area contributed by atoms with Gasteiger partial charge in [-0.3, -0.25) is 0 Å². The molecule has 20 heavy (non-hydrogen) atoms. The highest BCUT2D eigenvalue weighted by Gasteiger charge is 2.15. The molecule has 0 aliphatic carbocycles. The van der Waals surface area contributed by atoms with E-state index in [1.165, 1.54) is 0 Å². The molecule has 0 bridgehead atoms. The van der Waals surface area contributed by atoms with Crippen molar-refractivity contribution in [1.29, 1.82) is 0 Å². The molecule has 0 amide bonds. The number of hydrogen-bond acceptors (Lipinski definition) is 2. The Bertz CT molecular complexity index is 599. The lowest BCUT2D eigenvalue weighted by molar-refractivity contribution is 0.216. The van der Waals surface area contributed by atoms with Crippen molar-refractivity contribution < 1.29 is 9.84 Å². The first-order valence-corrected chi connectivity index (χ1v) is 7.54. The van der Waals surface area contributed by atoms with Gasteiger partial charge in [0.15, 0.2) is 0 Å². The summed E-state index contributed by atoms with van der Waals surface area (Å²) in [6.07, 6.45) is -0.687. The smallest absolute Gasteiger partial charge is 0.120 e. The minimum atomic E-state index is -0.782. The number of halogens is 2. The van der Waals surface area contributed by atoms with E-state index in [0.717, 1.165) is 15.8 Å². The number of hydrogen-bond donors (Lipinski definition) is 1. The van der Waals surface area contributed by atoms with Crippen molar-refractivity contribution in [2.24, 2.45) is 0 Å². The van der Waals surface area contributed by atoms with Crippen LogP contribution >= 0.6 is 27.5 Å². The molecule has 0 aliphatic heterocycles. The van der Waals surface area contributed by atoms with Gasteiger partial charge in [-0.25, -0.2) is 0 Å². The summed E-state index contributed by atoms with van der Waals surface area (Å²) in [5, 5.41) is 11.0. The predicted molar refractivity (Wildman–Crippen MR) is 85.4 cm³/mol. The van der Waals surface area contributed by atoms with E-state index in [1.807, 2.05) is 50.2 Å². The van der Waals surface area contributed by atoms with Crippen LogP contribution in [0.25, 0.3) is 0 Å². The summed E-state index contributed by atoms with van der Waals surface area (Å²) in [6, 6.07) is 12.9. The van der Waals surface area contributed by atoms with Gasteiger partial charge in [0.2, 0.25) is 0 Å². The van der Waals surface area contributed by atoms with Crippen LogP contribution < -0.4 is 4.74 Å². The second kappa shape index (κ2) is 6.61. The van der Waals surface area contributed by atoms with Gasteiger partial charge >= 0.3 is 0 Å². The standard InChI is InChI=1S/C16H16BrClO2/c1-10(2)20-13-5-3-4-11(8-13)16(19)14-9-12(17)6-7-15(14)18/h3-10,16,19H,1-2H3. The molecule has 0 aliphatic rings. The van der Waals surface area contributed by atoms with Crippen molar-refractivity contribution in [3.05, 3.63) is 63.1 Å². The van der Waals surface area contributed by atoms with Gasteiger partial charge in [0.25, 0.3) is 0 Å². The first-order chi connectivity index (χ1) is 9.47. The van der Waals surface area contributed by atoms with E-state index in [9.17, 15) is 5.11 Å². The minimum Gasteiger partial charge on any atom is -0.491 e. The first-order valence-electron chi connectivity index (χ1n) is 6.37. The number of benzene rings is 2. The van der Waals surface area contributed by atoms with Gasteiger partial charge in [-0.1, -0.05) is 39.7 Å². The van der Waals surface area contributed by atoms with E-state index in [0.29, 0.717) is 10.6 Å². The van der Waals surface area contributed by atoms with E-state index in [2.05, 4.69) is 15.9 Å². The van der Waals surface area contributed by atoms with Gasteiger partial charge in [-0.2, -0.15) is 0 Å². The summed E-state index contributed by atoms with van der Waals surface area (Å²) >= 11 is 9.54. The van der Waals surface area contributed by atoms with Crippen LogP contribution in [0.2, 0.25) is 5.02 Å². The molecule has 106 valence electrons. The number of rotatable bonds is 4. The summed E-state index contributed by atoms with van der Waals surface area (Å²) in [5.74, 6) is 0.739. The molecule has 1 atom stereocenters. The number of aliphatic hydroxyl groups is 1. The highest BCUT2D eigenvalue weighted by Crippen LogP contribution is 2.32. The van der Waals surface area contributed by atoms with E-state index >= 15 is 0 Å². The van der Waals surface area contributed by atoms with E-state index < -0.39 is 6.10 Å². The van der Waals surface area contributed by atoms with Crippen LogP contribution in [0.1, 0.15) is 31.1 Å². The molecule has 1 unspecified atom stereocenters. The zero-order valence-electron chi connectivity index (χ0n) is 11.3. The van der Waals surface area contributed by atoms with Gasteiger partial charge in [-0.05, 0) is 49.7 Å². The van der Waals surface area contributed by atoms with Crippen molar-refractivity contribution in [3.63, 3.8) is 0 Å². The third-order valence-electron chi connectivity index (χ3n) is 2.80. The molecular weight excluding hydrogens is 340 g/mol. The Hall–Kier alpha value is -1.03. The Balaban J connectivity index is 2.33. The van der Waals surface area contributed by atoms with Crippen LogP contribution in [0.4, 0.5) is 0 Å². The van der Waals surface area contributed by atoms with Crippen molar-refractivity contribution in [3.8, 4) is 5.75 Å². The molecule has 0 aromatic heterocycles. The second-order valence-electron chi connectivity index (χ2n) is 4.81. The topological polar surface area (TPSA) is 29.5 Å². The fourth-order valence-corrected chi connectivity index (χ4v) is 2.53. The molecule has 0 spiro atoms. The van der Waals surface area contributed by atoms with Crippen molar-refractivity contribution in [1.82, 2.24) is 0 Å². The van der Waals surface area contributed by atoms with Crippen LogP contribution in [0.5, 0.6) is 5.75 Å². The Morgan fingerprint density at radius 1 is 1.15 bits per heavy atom. The number of aliphatic hydroxyl groups excluding tert-OH is 1. The molecule has 4 heteroatoms. The van der Waals surface area contributed by atoms with Crippen LogP contribution in [0, 0.1) is 0 Å². The molecule has 2 aromatic carbocycles. The molecule has 0 fully saturated rings. The SMILES string of the molecule is CC(C)Oc1cccc(C(O)c2cc(Br)ccc2Cl)c1. The third-order valence-corrected chi connectivity index (χ3v) is 3.64. The fourth-order valence-electron chi connectivity index (χ4n) is 1.93. The molecule has 0 radical (unpaired) electrons. The molecule has 0 saturated heterocycles. The van der Waals surface area contributed by atoms with Gasteiger partial charge in [0.1, 0.15) is 11.9 Å². The van der Waals surface area contributed by atoms with Crippen molar-refractivity contribution in [2.45, 2.75) is 26.1 Å².